The molecule has 0 aliphatic heterocycles. The second-order valence-corrected chi connectivity index (χ2v) is 7.37. The molecule has 0 amide bonds. The molecule has 20 heavy (non-hydrogen) atoms. The zero-order valence-electron chi connectivity index (χ0n) is 11.3. The van der Waals surface area contributed by atoms with Crippen molar-refractivity contribution in [2.75, 3.05) is 6.54 Å². The van der Waals surface area contributed by atoms with Crippen molar-refractivity contribution < 1.29 is 13.5 Å². The van der Waals surface area contributed by atoms with E-state index in [9.17, 15) is 13.5 Å². The number of benzene rings is 1. The minimum atomic E-state index is -3.60. The second-order valence-electron chi connectivity index (χ2n) is 4.65. The molecule has 1 heterocycles. The number of rotatable bonds is 5. The van der Waals surface area contributed by atoms with Gasteiger partial charge in [0.2, 0.25) is 10.0 Å². The van der Waals surface area contributed by atoms with Crippen LogP contribution in [-0.2, 0) is 10.0 Å². The third-order valence-corrected chi connectivity index (χ3v) is 5.52. The fourth-order valence-corrected chi connectivity index (χ4v) is 3.92. The SMILES string of the molecule is Cc1ccc(S(=O)(=O)NCC(O)c2cccs2)c(C)c1. The van der Waals surface area contributed by atoms with Crippen LogP contribution in [0.3, 0.4) is 0 Å². The molecule has 0 bridgehead atoms. The maximum Gasteiger partial charge on any atom is 0.240 e. The molecule has 1 aromatic carbocycles. The van der Waals surface area contributed by atoms with Gasteiger partial charge in [0.05, 0.1) is 4.90 Å². The predicted octanol–water partition coefficient (Wildman–Crippen LogP) is 2.38. The van der Waals surface area contributed by atoms with Gasteiger partial charge in [-0.15, -0.1) is 11.3 Å². The average molecular weight is 311 g/mol. The molecule has 1 atom stereocenters. The van der Waals surface area contributed by atoms with Gasteiger partial charge < -0.3 is 5.11 Å². The molecule has 0 radical (unpaired) electrons. The molecule has 6 heteroatoms. The number of sulfonamides is 1. The van der Waals surface area contributed by atoms with Crippen LogP contribution in [0.4, 0.5) is 0 Å². The average Bonchev–Trinajstić information content (AvgIpc) is 2.89. The monoisotopic (exact) mass is 311 g/mol. The van der Waals surface area contributed by atoms with Crippen LogP contribution in [0.25, 0.3) is 0 Å². The van der Waals surface area contributed by atoms with Crippen molar-refractivity contribution in [3.05, 3.63) is 51.7 Å². The number of aliphatic hydroxyl groups is 1. The van der Waals surface area contributed by atoms with Crippen LogP contribution in [0.5, 0.6) is 0 Å². The molecule has 0 saturated heterocycles. The number of aliphatic hydroxyl groups excluding tert-OH is 1. The van der Waals surface area contributed by atoms with E-state index in [-0.39, 0.29) is 11.4 Å². The number of hydrogen-bond donors (Lipinski definition) is 2. The van der Waals surface area contributed by atoms with E-state index in [1.165, 1.54) is 11.3 Å². The van der Waals surface area contributed by atoms with Crippen LogP contribution in [0.2, 0.25) is 0 Å². The lowest BCUT2D eigenvalue weighted by atomic mass is 10.2. The van der Waals surface area contributed by atoms with Gasteiger partial charge in [-0.25, -0.2) is 13.1 Å². The van der Waals surface area contributed by atoms with E-state index in [0.717, 1.165) is 10.4 Å². The van der Waals surface area contributed by atoms with Crippen LogP contribution in [-0.4, -0.2) is 20.1 Å². The summed E-state index contributed by atoms with van der Waals surface area (Å²) in [5.41, 5.74) is 1.71. The first-order chi connectivity index (χ1) is 9.40. The zero-order chi connectivity index (χ0) is 14.8. The Morgan fingerprint density at radius 1 is 1.30 bits per heavy atom. The van der Waals surface area contributed by atoms with Gasteiger partial charge in [-0.05, 0) is 36.9 Å². The maximum absolute atomic E-state index is 12.2. The van der Waals surface area contributed by atoms with Gasteiger partial charge in [-0.2, -0.15) is 0 Å². The first-order valence-corrected chi connectivity index (χ1v) is 8.55. The van der Waals surface area contributed by atoms with Crippen LogP contribution in [0.1, 0.15) is 22.1 Å². The Bertz CT molecular complexity index is 678. The van der Waals surface area contributed by atoms with E-state index < -0.39 is 16.1 Å². The molecule has 1 unspecified atom stereocenters. The Labute approximate surface area is 123 Å². The Kier molecular flexibility index (Phi) is 4.59. The highest BCUT2D eigenvalue weighted by Gasteiger charge is 2.18. The third-order valence-electron chi connectivity index (χ3n) is 2.96. The molecule has 2 aromatic rings. The first kappa shape index (κ1) is 15.2. The normalized spacial score (nSPS) is 13.3. The lowest BCUT2D eigenvalue weighted by Crippen LogP contribution is -2.28. The van der Waals surface area contributed by atoms with Crippen molar-refractivity contribution in [2.45, 2.75) is 24.8 Å². The number of nitrogens with one attached hydrogen (secondary N) is 1. The van der Waals surface area contributed by atoms with E-state index in [1.54, 1.807) is 25.1 Å². The van der Waals surface area contributed by atoms with Crippen LogP contribution < -0.4 is 4.72 Å². The van der Waals surface area contributed by atoms with Crippen LogP contribution in [0, 0.1) is 13.8 Å². The summed E-state index contributed by atoms with van der Waals surface area (Å²) in [5, 5.41) is 11.8. The summed E-state index contributed by atoms with van der Waals surface area (Å²) in [4.78, 5) is 0.995. The van der Waals surface area contributed by atoms with Crippen molar-refractivity contribution in [3.63, 3.8) is 0 Å². The van der Waals surface area contributed by atoms with Crippen molar-refractivity contribution in [3.8, 4) is 0 Å². The molecule has 4 nitrogen and oxygen atoms in total. The zero-order valence-corrected chi connectivity index (χ0v) is 13.0. The third kappa shape index (κ3) is 3.46. The lowest BCUT2D eigenvalue weighted by Gasteiger charge is -2.12. The standard InChI is InChI=1S/C14H17NO3S2/c1-10-5-6-14(11(2)8-10)20(17,18)15-9-12(16)13-4-3-7-19-13/h3-8,12,15-16H,9H2,1-2H3. The lowest BCUT2D eigenvalue weighted by molar-refractivity contribution is 0.186. The van der Waals surface area contributed by atoms with Gasteiger partial charge >= 0.3 is 0 Å². The fourth-order valence-electron chi connectivity index (χ4n) is 1.95. The Morgan fingerprint density at radius 2 is 2.05 bits per heavy atom. The Hall–Kier alpha value is -1.21. The van der Waals surface area contributed by atoms with E-state index in [4.69, 9.17) is 0 Å². The van der Waals surface area contributed by atoms with Gasteiger partial charge in [-0.3, -0.25) is 0 Å². The largest absolute Gasteiger partial charge is 0.386 e. The summed E-state index contributed by atoms with van der Waals surface area (Å²) >= 11 is 1.40. The van der Waals surface area contributed by atoms with Crippen molar-refractivity contribution in [2.24, 2.45) is 0 Å². The molecule has 1 aromatic heterocycles. The van der Waals surface area contributed by atoms with Crippen molar-refractivity contribution in [1.82, 2.24) is 4.72 Å². The number of thiophene rings is 1. The summed E-state index contributed by atoms with van der Waals surface area (Å²) in [5.74, 6) is 0. The summed E-state index contributed by atoms with van der Waals surface area (Å²) in [6.07, 6.45) is -0.824. The highest BCUT2D eigenvalue weighted by molar-refractivity contribution is 7.89. The molecule has 0 spiro atoms. The van der Waals surface area contributed by atoms with Gasteiger partial charge in [0.25, 0.3) is 0 Å². The summed E-state index contributed by atoms with van der Waals surface area (Å²) in [6.45, 7) is 3.64. The summed E-state index contributed by atoms with van der Waals surface area (Å²) in [7, 11) is -3.60. The minimum Gasteiger partial charge on any atom is -0.386 e. The summed E-state index contributed by atoms with van der Waals surface area (Å²) < 4.78 is 26.9. The Morgan fingerprint density at radius 3 is 2.65 bits per heavy atom. The molecule has 2 rings (SSSR count). The number of aryl methyl sites for hydroxylation is 2. The van der Waals surface area contributed by atoms with Crippen molar-refractivity contribution in [1.29, 1.82) is 0 Å². The molecule has 108 valence electrons. The minimum absolute atomic E-state index is 0.0316. The number of hydrogen-bond acceptors (Lipinski definition) is 4. The molecule has 0 saturated carbocycles. The molecule has 0 aliphatic carbocycles. The Balaban J connectivity index is 2.11. The predicted molar refractivity (Wildman–Crippen MR) is 80.4 cm³/mol. The van der Waals surface area contributed by atoms with E-state index in [0.29, 0.717) is 5.56 Å². The molecular formula is C14H17NO3S2. The van der Waals surface area contributed by atoms with Gasteiger partial charge in [-0.1, -0.05) is 23.8 Å². The van der Waals surface area contributed by atoms with E-state index in [1.807, 2.05) is 24.4 Å². The second kappa shape index (κ2) is 6.05. The first-order valence-electron chi connectivity index (χ1n) is 6.18. The molecule has 0 aliphatic rings. The smallest absolute Gasteiger partial charge is 0.240 e. The van der Waals surface area contributed by atoms with E-state index in [2.05, 4.69) is 4.72 Å². The highest BCUT2D eigenvalue weighted by atomic mass is 32.2. The van der Waals surface area contributed by atoms with Gasteiger partial charge in [0, 0.05) is 11.4 Å². The van der Waals surface area contributed by atoms with Crippen LogP contribution in [0.15, 0.2) is 40.6 Å². The fraction of sp³-hybridized carbons (Fsp3) is 0.286. The van der Waals surface area contributed by atoms with Crippen LogP contribution >= 0.6 is 11.3 Å². The molecular weight excluding hydrogens is 294 g/mol. The molecule has 0 fully saturated rings. The quantitative estimate of drug-likeness (QED) is 0.891. The highest BCUT2D eigenvalue weighted by Crippen LogP contribution is 2.20. The molecule has 2 N–H and O–H groups in total. The van der Waals surface area contributed by atoms with Gasteiger partial charge in [0.15, 0.2) is 0 Å². The van der Waals surface area contributed by atoms with Gasteiger partial charge in [0.1, 0.15) is 6.10 Å². The topological polar surface area (TPSA) is 66.4 Å². The van der Waals surface area contributed by atoms with E-state index >= 15 is 0 Å². The maximum atomic E-state index is 12.2. The summed E-state index contributed by atoms with van der Waals surface area (Å²) in [6, 6.07) is 8.77. The van der Waals surface area contributed by atoms with Crippen molar-refractivity contribution >= 4 is 21.4 Å².